The SMILES string of the molecule is CCC([SiH2]n1cncn1)c1ccc(F)cc1. The maximum absolute atomic E-state index is 12.8. The minimum absolute atomic E-state index is 0.180. The van der Waals surface area contributed by atoms with Crippen LogP contribution in [0.4, 0.5) is 4.39 Å². The van der Waals surface area contributed by atoms with Crippen LogP contribution in [0.5, 0.6) is 0 Å². The lowest BCUT2D eigenvalue weighted by Crippen LogP contribution is -2.17. The molecule has 1 atom stereocenters. The molecule has 84 valence electrons. The van der Waals surface area contributed by atoms with Crippen LogP contribution in [0, 0.1) is 5.82 Å². The van der Waals surface area contributed by atoms with Gasteiger partial charge in [-0.25, -0.2) is 9.37 Å². The molecule has 0 fully saturated rings. The first-order chi connectivity index (χ1) is 7.79. The van der Waals surface area contributed by atoms with Crippen molar-refractivity contribution in [2.45, 2.75) is 18.9 Å². The fourth-order valence-electron chi connectivity index (χ4n) is 1.76. The van der Waals surface area contributed by atoms with Gasteiger partial charge < -0.3 is 0 Å². The van der Waals surface area contributed by atoms with Gasteiger partial charge >= 0.3 is 0 Å². The van der Waals surface area contributed by atoms with E-state index in [1.54, 1.807) is 12.7 Å². The minimum atomic E-state index is -0.545. The number of hydrogen-bond donors (Lipinski definition) is 0. The van der Waals surface area contributed by atoms with Crippen LogP contribution >= 0.6 is 0 Å². The molecule has 0 spiro atoms. The molecule has 16 heavy (non-hydrogen) atoms. The molecular formula is C11H14FN3Si. The van der Waals surface area contributed by atoms with Gasteiger partial charge in [-0.3, -0.25) is 4.35 Å². The molecule has 0 aliphatic heterocycles. The molecule has 0 aliphatic carbocycles. The summed E-state index contributed by atoms with van der Waals surface area (Å²) in [5.41, 5.74) is 1.69. The number of nitrogens with zero attached hydrogens (tertiary/aromatic N) is 3. The van der Waals surface area contributed by atoms with Gasteiger partial charge in [0.25, 0.3) is 0 Å². The predicted molar refractivity (Wildman–Crippen MR) is 63.4 cm³/mol. The highest BCUT2D eigenvalue weighted by Gasteiger charge is 2.11. The van der Waals surface area contributed by atoms with Crippen molar-refractivity contribution in [1.82, 2.24) is 14.4 Å². The van der Waals surface area contributed by atoms with Crippen molar-refractivity contribution in [2.75, 3.05) is 0 Å². The first kappa shape index (κ1) is 11.0. The maximum atomic E-state index is 12.8. The van der Waals surface area contributed by atoms with E-state index in [9.17, 15) is 4.39 Å². The predicted octanol–water partition coefficient (Wildman–Crippen LogP) is 1.50. The highest BCUT2D eigenvalue weighted by molar-refractivity contribution is 6.35. The molecule has 5 heteroatoms. The van der Waals surface area contributed by atoms with Crippen LogP contribution in [0.15, 0.2) is 36.9 Å². The van der Waals surface area contributed by atoms with Crippen LogP contribution in [-0.4, -0.2) is 24.1 Å². The molecule has 0 saturated heterocycles. The van der Waals surface area contributed by atoms with Gasteiger partial charge in [-0.1, -0.05) is 25.5 Å². The topological polar surface area (TPSA) is 30.7 Å². The first-order valence-corrected chi connectivity index (χ1v) is 6.82. The molecule has 0 N–H and O–H groups in total. The van der Waals surface area contributed by atoms with E-state index >= 15 is 0 Å². The van der Waals surface area contributed by atoms with Crippen LogP contribution < -0.4 is 0 Å². The Hall–Kier alpha value is -1.49. The Morgan fingerprint density at radius 1 is 1.38 bits per heavy atom. The largest absolute Gasteiger partial charge is 0.290 e. The van der Waals surface area contributed by atoms with E-state index in [0.717, 1.165) is 6.42 Å². The molecule has 1 aromatic carbocycles. The van der Waals surface area contributed by atoms with Gasteiger partial charge in [0.2, 0.25) is 0 Å². The second kappa shape index (κ2) is 5.02. The second-order valence-corrected chi connectivity index (χ2v) is 5.77. The highest BCUT2D eigenvalue weighted by atomic mass is 28.2. The van der Waals surface area contributed by atoms with E-state index in [1.165, 1.54) is 17.7 Å². The lowest BCUT2D eigenvalue weighted by atomic mass is 10.1. The van der Waals surface area contributed by atoms with Crippen LogP contribution in [0.2, 0.25) is 0 Å². The van der Waals surface area contributed by atoms with E-state index in [-0.39, 0.29) is 5.82 Å². The van der Waals surface area contributed by atoms with E-state index in [4.69, 9.17) is 0 Å². The number of rotatable bonds is 4. The fourth-order valence-corrected chi connectivity index (χ4v) is 3.31. The molecule has 3 nitrogen and oxygen atoms in total. The third-order valence-corrected chi connectivity index (χ3v) is 4.90. The average molecular weight is 235 g/mol. The van der Waals surface area contributed by atoms with Crippen LogP contribution in [0.25, 0.3) is 0 Å². The van der Waals surface area contributed by atoms with E-state index in [0.29, 0.717) is 5.54 Å². The first-order valence-electron chi connectivity index (χ1n) is 5.37. The van der Waals surface area contributed by atoms with Crippen molar-refractivity contribution in [3.63, 3.8) is 0 Å². The molecule has 0 saturated carbocycles. The summed E-state index contributed by atoms with van der Waals surface area (Å²) >= 11 is 0. The van der Waals surface area contributed by atoms with Gasteiger partial charge in [-0.05, 0) is 23.2 Å². The summed E-state index contributed by atoms with van der Waals surface area (Å²) in [6, 6.07) is 6.78. The van der Waals surface area contributed by atoms with Crippen molar-refractivity contribution in [1.29, 1.82) is 0 Å². The van der Waals surface area contributed by atoms with Gasteiger partial charge in [-0.15, -0.1) is 0 Å². The number of benzene rings is 1. The Morgan fingerprint density at radius 2 is 2.12 bits per heavy atom. The van der Waals surface area contributed by atoms with Crippen molar-refractivity contribution in [2.24, 2.45) is 0 Å². The number of aromatic nitrogens is 3. The van der Waals surface area contributed by atoms with Crippen molar-refractivity contribution < 1.29 is 4.39 Å². The zero-order valence-corrected chi connectivity index (χ0v) is 10.6. The summed E-state index contributed by atoms with van der Waals surface area (Å²) in [5.74, 6) is -0.180. The summed E-state index contributed by atoms with van der Waals surface area (Å²) in [6.45, 7) is 2.15. The summed E-state index contributed by atoms with van der Waals surface area (Å²) in [6.07, 6.45) is 4.38. The zero-order valence-electron chi connectivity index (χ0n) is 9.18. The molecule has 2 rings (SSSR count). The molecule has 1 unspecified atom stereocenters. The second-order valence-electron chi connectivity index (χ2n) is 3.77. The van der Waals surface area contributed by atoms with Crippen LogP contribution in [0.3, 0.4) is 0 Å². The maximum Gasteiger partial charge on any atom is 0.163 e. The van der Waals surface area contributed by atoms with E-state index in [1.807, 2.05) is 16.5 Å². The summed E-state index contributed by atoms with van der Waals surface area (Å²) < 4.78 is 14.8. The Labute approximate surface area is 96.2 Å². The summed E-state index contributed by atoms with van der Waals surface area (Å²) in [4.78, 5) is 3.94. The molecule has 0 radical (unpaired) electrons. The third kappa shape index (κ3) is 2.55. The van der Waals surface area contributed by atoms with Crippen LogP contribution in [0.1, 0.15) is 24.4 Å². The molecule has 1 heterocycles. The smallest absolute Gasteiger partial charge is 0.163 e. The van der Waals surface area contributed by atoms with Gasteiger partial charge in [0, 0.05) is 0 Å². The van der Waals surface area contributed by atoms with Gasteiger partial charge in [0.15, 0.2) is 9.68 Å². The monoisotopic (exact) mass is 235 g/mol. The third-order valence-electron chi connectivity index (χ3n) is 2.71. The lowest BCUT2D eigenvalue weighted by Gasteiger charge is -2.14. The van der Waals surface area contributed by atoms with Gasteiger partial charge in [-0.2, -0.15) is 5.10 Å². The standard InChI is InChI=1S/C11H14FN3Si/c1-2-11(16-15-8-13-7-14-15)9-3-5-10(12)6-4-9/h3-8,11H,2,16H2,1H3. The van der Waals surface area contributed by atoms with Crippen LogP contribution in [-0.2, 0) is 0 Å². The molecule has 1 aromatic heterocycles. The Morgan fingerprint density at radius 3 is 2.69 bits per heavy atom. The Balaban J connectivity index is 2.13. The molecule has 0 aliphatic rings. The normalized spacial score (nSPS) is 13.4. The van der Waals surface area contributed by atoms with E-state index in [2.05, 4.69) is 17.0 Å². The number of hydrogen-bond acceptors (Lipinski definition) is 2. The van der Waals surface area contributed by atoms with Crippen molar-refractivity contribution in [3.05, 3.63) is 48.3 Å². The fraction of sp³-hybridized carbons (Fsp3) is 0.273. The average Bonchev–Trinajstić information content (AvgIpc) is 2.80. The minimum Gasteiger partial charge on any atom is -0.290 e. The van der Waals surface area contributed by atoms with E-state index < -0.39 is 9.68 Å². The molecular weight excluding hydrogens is 221 g/mol. The highest BCUT2D eigenvalue weighted by Crippen LogP contribution is 2.18. The van der Waals surface area contributed by atoms with Crippen molar-refractivity contribution >= 4 is 9.68 Å². The molecule has 0 amide bonds. The number of halogens is 1. The lowest BCUT2D eigenvalue weighted by molar-refractivity contribution is 0.626. The Kier molecular flexibility index (Phi) is 3.46. The van der Waals surface area contributed by atoms with Gasteiger partial charge in [0.1, 0.15) is 18.5 Å². The Bertz CT molecular complexity index is 427. The van der Waals surface area contributed by atoms with Crippen molar-refractivity contribution in [3.8, 4) is 0 Å². The van der Waals surface area contributed by atoms with Gasteiger partial charge in [0.05, 0.1) is 0 Å². The molecule has 0 bridgehead atoms. The zero-order chi connectivity index (χ0) is 11.4. The summed E-state index contributed by atoms with van der Waals surface area (Å²) in [7, 11) is -0.545. The molecule has 2 aromatic rings. The summed E-state index contributed by atoms with van der Waals surface area (Å²) in [5, 5.41) is 4.14. The quantitative estimate of drug-likeness (QED) is 0.752.